The molecule has 0 spiro atoms. The van der Waals surface area contributed by atoms with E-state index < -0.39 is 0 Å². The SMILES string of the molecule is CCOCn1cnc(O)c(Cc2ccc(-c3cccnc3C)cc2)c1=O. The van der Waals surface area contributed by atoms with Crippen LogP contribution in [0, 0.1) is 6.92 Å². The van der Waals surface area contributed by atoms with Crippen LogP contribution in [0.4, 0.5) is 0 Å². The molecule has 26 heavy (non-hydrogen) atoms. The van der Waals surface area contributed by atoms with E-state index in [2.05, 4.69) is 9.97 Å². The molecule has 0 unspecified atom stereocenters. The van der Waals surface area contributed by atoms with Crippen LogP contribution in [-0.4, -0.2) is 26.2 Å². The first kappa shape index (κ1) is 17.8. The van der Waals surface area contributed by atoms with Gasteiger partial charge in [-0.3, -0.25) is 14.3 Å². The van der Waals surface area contributed by atoms with Gasteiger partial charge >= 0.3 is 0 Å². The fourth-order valence-corrected chi connectivity index (χ4v) is 2.76. The number of benzene rings is 1. The summed E-state index contributed by atoms with van der Waals surface area (Å²) in [5.41, 5.74) is 3.98. The highest BCUT2D eigenvalue weighted by atomic mass is 16.5. The fraction of sp³-hybridized carbons (Fsp3) is 0.250. The molecule has 1 aromatic carbocycles. The lowest BCUT2D eigenvalue weighted by molar-refractivity contribution is 0.0841. The molecule has 0 bridgehead atoms. The Hall–Kier alpha value is -2.99. The van der Waals surface area contributed by atoms with Gasteiger partial charge in [0.2, 0.25) is 5.88 Å². The number of aromatic nitrogens is 3. The molecule has 1 N–H and O–H groups in total. The molecule has 0 amide bonds. The zero-order valence-electron chi connectivity index (χ0n) is 14.8. The van der Waals surface area contributed by atoms with E-state index in [-0.39, 0.29) is 23.7 Å². The summed E-state index contributed by atoms with van der Waals surface area (Å²) in [5.74, 6) is -0.241. The van der Waals surface area contributed by atoms with Crippen molar-refractivity contribution in [3.05, 3.63) is 76.1 Å². The molecule has 0 aliphatic rings. The van der Waals surface area contributed by atoms with Crippen molar-refractivity contribution in [3.63, 3.8) is 0 Å². The fourth-order valence-electron chi connectivity index (χ4n) is 2.76. The summed E-state index contributed by atoms with van der Waals surface area (Å²) in [5, 5.41) is 10.00. The van der Waals surface area contributed by atoms with Crippen LogP contribution >= 0.6 is 0 Å². The van der Waals surface area contributed by atoms with Gasteiger partial charge < -0.3 is 9.84 Å². The Morgan fingerprint density at radius 3 is 2.62 bits per heavy atom. The van der Waals surface area contributed by atoms with Crippen molar-refractivity contribution in [3.8, 4) is 17.0 Å². The molecule has 3 rings (SSSR count). The van der Waals surface area contributed by atoms with Crippen molar-refractivity contribution < 1.29 is 9.84 Å². The lowest BCUT2D eigenvalue weighted by Crippen LogP contribution is -2.25. The maximum atomic E-state index is 12.5. The van der Waals surface area contributed by atoms with Crippen molar-refractivity contribution in [2.24, 2.45) is 0 Å². The number of hydrogen-bond donors (Lipinski definition) is 1. The quantitative estimate of drug-likeness (QED) is 0.739. The van der Waals surface area contributed by atoms with Crippen LogP contribution in [0.2, 0.25) is 0 Å². The van der Waals surface area contributed by atoms with E-state index in [0.717, 1.165) is 22.4 Å². The third-order valence-electron chi connectivity index (χ3n) is 4.20. The number of aromatic hydroxyl groups is 1. The van der Waals surface area contributed by atoms with Gasteiger partial charge in [0.05, 0.1) is 5.56 Å². The topological polar surface area (TPSA) is 77.2 Å². The average Bonchev–Trinajstić information content (AvgIpc) is 2.65. The minimum absolute atomic E-state index is 0.120. The first-order valence-corrected chi connectivity index (χ1v) is 8.46. The lowest BCUT2D eigenvalue weighted by Gasteiger charge is -2.10. The Kier molecular flexibility index (Phi) is 5.43. The number of nitrogens with zero attached hydrogens (tertiary/aromatic N) is 3. The maximum absolute atomic E-state index is 12.5. The van der Waals surface area contributed by atoms with E-state index in [0.29, 0.717) is 13.0 Å². The molecule has 2 heterocycles. The van der Waals surface area contributed by atoms with Gasteiger partial charge in [0.25, 0.3) is 5.56 Å². The molecule has 3 aromatic rings. The van der Waals surface area contributed by atoms with Crippen molar-refractivity contribution >= 4 is 0 Å². The van der Waals surface area contributed by atoms with Gasteiger partial charge in [0.1, 0.15) is 13.1 Å². The molecule has 2 aromatic heterocycles. The first-order chi connectivity index (χ1) is 12.6. The molecule has 6 nitrogen and oxygen atoms in total. The molecule has 0 aliphatic heterocycles. The van der Waals surface area contributed by atoms with E-state index >= 15 is 0 Å². The highest BCUT2D eigenvalue weighted by molar-refractivity contribution is 5.65. The van der Waals surface area contributed by atoms with Crippen LogP contribution in [0.25, 0.3) is 11.1 Å². The van der Waals surface area contributed by atoms with Crippen LogP contribution in [0.1, 0.15) is 23.7 Å². The maximum Gasteiger partial charge on any atom is 0.262 e. The van der Waals surface area contributed by atoms with Crippen LogP contribution in [0.3, 0.4) is 0 Å². The molecular formula is C20H21N3O3. The zero-order chi connectivity index (χ0) is 18.5. The van der Waals surface area contributed by atoms with Crippen molar-refractivity contribution in [1.29, 1.82) is 0 Å². The van der Waals surface area contributed by atoms with Gasteiger partial charge in [0.15, 0.2) is 0 Å². The first-order valence-electron chi connectivity index (χ1n) is 8.46. The minimum atomic E-state index is -0.293. The summed E-state index contributed by atoms with van der Waals surface area (Å²) >= 11 is 0. The van der Waals surface area contributed by atoms with Crippen molar-refractivity contribution in [2.45, 2.75) is 27.0 Å². The molecule has 0 aliphatic carbocycles. The summed E-state index contributed by atoms with van der Waals surface area (Å²) < 4.78 is 6.61. The van der Waals surface area contributed by atoms with Crippen LogP contribution in [-0.2, 0) is 17.9 Å². The zero-order valence-corrected chi connectivity index (χ0v) is 14.8. The second-order valence-electron chi connectivity index (χ2n) is 5.95. The highest BCUT2D eigenvalue weighted by Crippen LogP contribution is 2.23. The molecule has 0 saturated heterocycles. The van der Waals surface area contributed by atoms with Gasteiger partial charge in [-0.05, 0) is 31.0 Å². The van der Waals surface area contributed by atoms with E-state index in [1.165, 1.54) is 10.9 Å². The van der Waals surface area contributed by atoms with Crippen LogP contribution in [0.5, 0.6) is 5.88 Å². The summed E-state index contributed by atoms with van der Waals surface area (Å²) in [6.45, 7) is 4.44. The predicted octanol–water partition coefficient (Wildman–Crippen LogP) is 2.90. The summed E-state index contributed by atoms with van der Waals surface area (Å²) in [6, 6.07) is 11.8. The summed E-state index contributed by atoms with van der Waals surface area (Å²) in [7, 11) is 0. The molecule has 0 atom stereocenters. The van der Waals surface area contributed by atoms with Crippen molar-refractivity contribution in [1.82, 2.24) is 14.5 Å². The van der Waals surface area contributed by atoms with Gasteiger partial charge in [-0.15, -0.1) is 0 Å². The lowest BCUT2D eigenvalue weighted by atomic mass is 10.0. The van der Waals surface area contributed by atoms with E-state index in [9.17, 15) is 9.90 Å². The second-order valence-corrected chi connectivity index (χ2v) is 5.95. The van der Waals surface area contributed by atoms with E-state index in [1.807, 2.05) is 50.2 Å². The third-order valence-corrected chi connectivity index (χ3v) is 4.20. The predicted molar refractivity (Wildman–Crippen MR) is 99.0 cm³/mol. The highest BCUT2D eigenvalue weighted by Gasteiger charge is 2.12. The molecule has 0 fully saturated rings. The smallest absolute Gasteiger partial charge is 0.262 e. The molecule has 134 valence electrons. The van der Waals surface area contributed by atoms with E-state index in [4.69, 9.17) is 4.74 Å². The monoisotopic (exact) mass is 351 g/mol. The number of pyridine rings is 1. The Labute approximate surface area is 151 Å². The Morgan fingerprint density at radius 1 is 1.15 bits per heavy atom. The molecule has 0 saturated carbocycles. The summed E-state index contributed by atoms with van der Waals surface area (Å²) in [6.07, 6.45) is 3.37. The number of ether oxygens (including phenoxy) is 1. The Balaban J connectivity index is 1.86. The number of rotatable bonds is 6. The largest absolute Gasteiger partial charge is 0.493 e. The average molecular weight is 351 g/mol. The minimum Gasteiger partial charge on any atom is -0.493 e. The molecule has 6 heteroatoms. The van der Waals surface area contributed by atoms with Gasteiger partial charge in [-0.25, -0.2) is 4.98 Å². The molecular weight excluding hydrogens is 330 g/mol. The Morgan fingerprint density at radius 2 is 1.92 bits per heavy atom. The van der Waals surface area contributed by atoms with Crippen LogP contribution < -0.4 is 5.56 Å². The molecule has 0 radical (unpaired) electrons. The third kappa shape index (κ3) is 3.81. The van der Waals surface area contributed by atoms with Crippen LogP contribution in [0.15, 0.2) is 53.7 Å². The van der Waals surface area contributed by atoms with Gasteiger partial charge in [0, 0.05) is 30.5 Å². The number of hydrogen-bond acceptors (Lipinski definition) is 5. The summed E-state index contributed by atoms with van der Waals surface area (Å²) in [4.78, 5) is 20.7. The standard InChI is InChI=1S/C20H21N3O3/c1-3-26-13-23-12-22-19(24)18(20(23)25)11-15-6-8-16(9-7-15)17-5-4-10-21-14(17)2/h4-10,12,24H,3,11,13H2,1-2H3. The van der Waals surface area contributed by atoms with Gasteiger partial charge in [-0.2, -0.15) is 0 Å². The normalized spacial score (nSPS) is 10.8. The van der Waals surface area contributed by atoms with Gasteiger partial charge in [-0.1, -0.05) is 30.3 Å². The second kappa shape index (κ2) is 7.93. The van der Waals surface area contributed by atoms with Crippen molar-refractivity contribution in [2.75, 3.05) is 6.61 Å². The number of aryl methyl sites for hydroxylation is 1. The Bertz CT molecular complexity index is 949. The van der Waals surface area contributed by atoms with E-state index in [1.54, 1.807) is 6.20 Å².